The first-order valence-electron chi connectivity index (χ1n) is 12.4. The molecule has 2 aromatic rings. The Morgan fingerprint density at radius 2 is 1.74 bits per heavy atom. The van der Waals surface area contributed by atoms with E-state index in [0.29, 0.717) is 30.4 Å². The topological polar surface area (TPSA) is 120 Å². The summed E-state index contributed by atoms with van der Waals surface area (Å²) in [5.74, 6) is -1.32. The number of benzene rings is 2. The maximum Gasteiger partial charge on any atom is 0.547 e. The lowest BCUT2D eigenvalue weighted by Crippen LogP contribution is -2.53. The van der Waals surface area contributed by atoms with Crippen molar-refractivity contribution < 1.29 is 24.4 Å². The molecule has 35 heavy (non-hydrogen) atoms. The minimum atomic E-state index is -1.28. The van der Waals surface area contributed by atoms with Crippen LogP contribution < -0.4 is 20.6 Å². The van der Waals surface area contributed by atoms with Crippen LogP contribution in [0.4, 0.5) is 0 Å². The molecule has 4 rings (SSSR count). The molecule has 0 spiro atoms. The van der Waals surface area contributed by atoms with E-state index < -0.39 is 19.0 Å². The fraction of sp³-hybridized carbons (Fsp3) is 0.462. The summed E-state index contributed by atoms with van der Waals surface area (Å²) in [6.45, 7) is 1.70. The maximum atomic E-state index is 12.7. The molecule has 8 nitrogen and oxygen atoms in total. The lowest BCUT2D eigenvalue weighted by Gasteiger charge is -2.31. The van der Waals surface area contributed by atoms with Crippen molar-refractivity contribution >= 4 is 19.0 Å². The summed E-state index contributed by atoms with van der Waals surface area (Å²) in [6.07, 6.45) is 4.78. The van der Waals surface area contributed by atoms with Gasteiger partial charge in [0.05, 0.1) is 11.5 Å². The van der Waals surface area contributed by atoms with Gasteiger partial charge in [-0.2, -0.15) is 0 Å². The van der Waals surface area contributed by atoms with Gasteiger partial charge in [0.15, 0.2) is 0 Å². The standard InChI is InChI=1S/C26H34BN3O5/c1-28-15-19-5-2-3-6-20(19)16-29-21-11-9-17(10-12-21)13-24(31)30-23-14-18-7-4-8-22(26(32)33)25(18)35-27(23)34/h2-8,17,21,23,28-29,34H,9-16H2,1H3,(H,30,31)(H,32,33). The SMILES string of the molecule is CNCc1ccccc1CNC1CCC(CC(=O)NC2Cc3cccc(C(=O)O)c3OB2O)CC1. The lowest BCUT2D eigenvalue weighted by atomic mass is 9.72. The van der Waals surface area contributed by atoms with E-state index >= 15 is 0 Å². The van der Waals surface area contributed by atoms with Gasteiger partial charge < -0.3 is 30.7 Å². The van der Waals surface area contributed by atoms with Crippen molar-refractivity contribution in [2.45, 2.75) is 63.6 Å². The Morgan fingerprint density at radius 3 is 2.43 bits per heavy atom. The number of rotatable bonds is 9. The zero-order valence-corrected chi connectivity index (χ0v) is 20.1. The van der Waals surface area contributed by atoms with Gasteiger partial charge in [0.25, 0.3) is 0 Å². The molecule has 0 saturated heterocycles. The summed E-state index contributed by atoms with van der Waals surface area (Å²) in [5.41, 5.74) is 3.31. The van der Waals surface area contributed by atoms with Gasteiger partial charge >= 0.3 is 13.1 Å². The van der Waals surface area contributed by atoms with Crippen molar-refractivity contribution in [1.29, 1.82) is 0 Å². The number of carbonyl (C=O) groups excluding carboxylic acids is 1. The minimum absolute atomic E-state index is 0.0159. The van der Waals surface area contributed by atoms with Crippen LogP contribution in [0.25, 0.3) is 0 Å². The lowest BCUT2D eigenvalue weighted by molar-refractivity contribution is -0.122. The minimum Gasteiger partial charge on any atom is -0.534 e. The number of aromatic carboxylic acids is 1. The second-order valence-corrected chi connectivity index (χ2v) is 9.59. The van der Waals surface area contributed by atoms with Crippen molar-refractivity contribution in [2.24, 2.45) is 5.92 Å². The Kier molecular flexibility index (Phi) is 8.44. The quantitative estimate of drug-likeness (QED) is 0.350. The number of carboxylic acids is 1. The van der Waals surface area contributed by atoms with E-state index in [-0.39, 0.29) is 17.2 Å². The summed E-state index contributed by atoms with van der Waals surface area (Å²) in [4.78, 5) is 24.1. The van der Waals surface area contributed by atoms with Crippen molar-refractivity contribution in [3.63, 3.8) is 0 Å². The van der Waals surface area contributed by atoms with Gasteiger partial charge in [0.1, 0.15) is 5.75 Å². The number of amides is 1. The summed E-state index contributed by atoms with van der Waals surface area (Å²) in [6, 6.07) is 13.8. The third kappa shape index (κ3) is 6.42. The molecule has 1 amide bonds. The van der Waals surface area contributed by atoms with Crippen LogP contribution in [-0.4, -0.2) is 48.2 Å². The number of hydrogen-bond donors (Lipinski definition) is 5. The van der Waals surface area contributed by atoms with Gasteiger partial charge in [-0.15, -0.1) is 0 Å². The molecule has 1 fully saturated rings. The predicted molar refractivity (Wildman–Crippen MR) is 134 cm³/mol. The number of para-hydroxylation sites is 1. The van der Waals surface area contributed by atoms with Crippen LogP contribution >= 0.6 is 0 Å². The van der Waals surface area contributed by atoms with Crippen LogP contribution in [0.15, 0.2) is 42.5 Å². The second-order valence-electron chi connectivity index (χ2n) is 9.59. The van der Waals surface area contributed by atoms with Crippen LogP contribution in [-0.2, 0) is 24.3 Å². The molecule has 1 heterocycles. The van der Waals surface area contributed by atoms with Crippen LogP contribution in [0, 0.1) is 5.92 Å². The molecule has 2 aliphatic rings. The van der Waals surface area contributed by atoms with Crippen molar-refractivity contribution in [3.8, 4) is 5.75 Å². The molecule has 1 aliphatic carbocycles. The molecule has 1 atom stereocenters. The molecule has 0 aromatic heterocycles. The molecular formula is C26H34BN3O5. The largest absolute Gasteiger partial charge is 0.547 e. The number of fused-ring (bicyclic) bond motifs is 1. The van der Waals surface area contributed by atoms with Crippen LogP contribution in [0.1, 0.15) is 59.2 Å². The number of hydrogen-bond acceptors (Lipinski definition) is 6. The average Bonchev–Trinajstić information content (AvgIpc) is 2.84. The Hall–Kier alpha value is -2.88. The zero-order chi connectivity index (χ0) is 24.8. The van der Waals surface area contributed by atoms with Gasteiger partial charge in [-0.1, -0.05) is 36.4 Å². The van der Waals surface area contributed by atoms with Gasteiger partial charge in [0, 0.05) is 25.6 Å². The van der Waals surface area contributed by atoms with E-state index in [9.17, 15) is 19.7 Å². The van der Waals surface area contributed by atoms with Crippen LogP contribution in [0.2, 0.25) is 0 Å². The summed E-state index contributed by atoms with van der Waals surface area (Å²) >= 11 is 0. The van der Waals surface area contributed by atoms with Crippen LogP contribution in [0.5, 0.6) is 5.75 Å². The van der Waals surface area contributed by atoms with E-state index in [0.717, 1.165) is 38.8 Å². The Balaban J connectivity index is 1.22. The normalized spacial score (nSPS) is 21.7. The van der Waals surface area contributed by atoms with E-state index in [1.165, 1.54) is 17.2 Å². The monoisotopic (exact) mass is 479 g/mol. The number of carboxylic acid groups (broad SMARTS) is 1. The first-order chi connectivity index (χ1) is 16.9. The van der Waals surface area contributed by atoms with Crippen LogP contribution in [0.3, 0.4) is 0 Å². The Labute approximate surface area is 206 Å². The fourth-order valence-corrected chi connectivity index (χ4v) is 5.16. The molecule has 0 radical (unpaired) electrons. The number of carbonyl (C=O) groups is 2. The molecule has 1 unspecified atom stereocenters. The first kappa shape index (κ1) is 25.2. The van der Waals surface area contributed by atoms with Gasteiger partial charge in [-0.3, -0.25) is 4.79 Å². The molecule has 9 heteroatoms. The molecular weight excluding hydrogens is 445 g/mol. The van der Waals surface area contributed by atoms with Gasteiger partial charge in [-0.05, 0) is 67.8 Å². The zero-order valence-electron chi connectivity index (χ0n) is 20.1. The van der Waals surface area contributed by atoms with E-state index in [1.807, 2.05) is 7.05 Å². The highest BCUT2D eigenvalue weighted by atomic mass is 16.5. The summed E-state index contributed by atoms with van der Waals surface area (Å²) < 4.78 is 5.48. The second kappa shape index (κ2) is 11.7. The highest BCUT2D eigenvalue weighted by Crippen LogP contribution is 2.31. The molecule has 0 bridgehead atoms. The average molecular weight is 479 g/mol. The van der Waals surface area contributed by atoms with Crippen molar-refractivity contribution in [1.82, 2.24) is 16.0 Å². The molecule has 2 aromatic carbocycles. The van der Waals surface area contributed by atoms with E-state index in [1.54, 1.807) is 12.1 Å². The molecule has 1 saturated carbocycles. The Morgan fingerprint density at radius 1 is 1.03 bits per heavy atom. The number of nitrogens with one attached hydrogen (secondary N) is 3. The highest BCUT2D eigenvalue weighted by Gasteiger charge is 2.38. The Bertz CT molecular complexity index is 1040. The maximum absolute atomic E-state index is 12.7. The van der Waals surface area contributed by atoms with E-state index in [2.05, 4.69) is 40.2 Å². The highest BCUT2D eigenvalue weighted by molar-refractivity contribution is 6.47. The van der Waals surface area contributed by atoms with Crippen molar-refractivity contribution in [2.75, 3.05) is 7.05 Å². The van der Waals surface area contributed by atoms with Gasteiger partial charge in [-0.25, -0.2) is 4.79 Å². The predicted octanol–water partition coefficient (Wildman–Crippen LogP) is 2.28. The van der Waals surface area contributed by atoms with Crippen molar-refractivity contribution in [3.05, 3.63) is 64.7 Å². The van der Waals surface area contributed by atoms with E-state index in [4.69, 9.17) is 4.65 Å². The fourth-order valence-electron chi connectivity index (χ4n) is 5.16. The third-order valence-corrected chi connectivity index (χ3v) is 7.08. The van der Waals surface area contributed by atoms with Gasteiger partial charge in [0.2, 0.25) is 5.91 Å². The summed E-state index contributed by atoms with van der Waals surface area (Å²) in [7, 11) is 0.676. The molecule has 1 aliphatic heterocycles. The molecule has 186 valence electrons. The first-order valence-corrected chi connectivity index (χ1v) is 12.4. The summed E-state index contributed by atoms with van der Waals surface area (Å²) in [5, 5.41) is 29.5. The molecule has 5 N–H and O–H groups in total. The smallest absolute Gasteiger partial charge is 0.534 e. The third-order valence-electron chi connectivity index (χ3n) is 7.08.